The van der Waals surface area contributed by atoms with Gasteiger partial charge in [-0.15, -0.1) is 0 Å². The molecule has 0 atom stereocenters. The summed E-state index contributed by atoms with van der Waals surface area (Å²) >= 11 is 0. The smallest absolute Gasteiger partial charge is 0.429 e. The van der Waals surface area contributed by atoms with Crippen LogP contribution in [0.15, 0.2) is 48.5 Å². The van der Waals surface area contributed by atoms with Gasteiger partial charge in [-0.1, -0.05) is 44.0 Å². The van der Waals surface area contributed by atoms with E-state index in [0.717, 1.165) is 43.4 Å². The number of nitrogens with zero attached hydrogens (tertiary/aromatic N) is 1. The highest BCUT2D eigenvalue weighted by atomic mass is 19.3. The minimum atomic E-state index is -4.57. The van der Waals surface area contributed by atoms with E-state index in [-0.39, 0.29) is 11.6 Å². The third-order valence-electron chi connectivity index (χ3n) is 5.09. The van der Waals surface area contributed by atoms with Gasteiger partial charge in [0, 0.05) is 12.1 Å². The van der Waals surface area contributed by atoms with Gasteiger partial charge >= 0.3 is 6.11 Å². The van der Waals surface area contributed by atoms with E-state index >= 15 is 4.39 Å². The Morgan fingerprint density at radius 1 is 0.970 bits per heavy atom. The largest absolute Gasteiger partial charge is 0.432 e. The maximum atomic E-state index is 15.1. The van der Waals surface area contributed by atoms with Crippen LogP contribution >= 0.6 is 0 Å². The van der Waals surface area contributed by atoms with Crippen LogP contribution < -0.4 is 4.74 Å². The molecule has 0 unspecified atom stereocenters. The molecular weight excluding hydrogens is 441 g/mol. The van der Waals surface area contributed by atoms with Crippen LogP contribution in [-0.2, 0) is 17.6 Å². The summed E-state index contributed by atoms with van der Waals surface area (Å²) in [5, 5.41) is 21.0. The number of alkyl halides is 2. The average Bonchev–Trinajstić information content (AvgIpc) is 2.74. The third-order valence-corrected chi connectivity index (χ3v) is 5.09. The molecule has 0 heterocycles. The topological polar surface area (TPSA) is 52.9 Å². The maximum Gasteiger partial charge on any atom is 0.432 e. The minimum absolute atomic E-state index is 0.0122. The summed E-state index contributed by atoms with van der Waals surface area (Å²) in [6.07, 6.45) is -0.801. The monoisotopic (exact) mass is 460 g/mol. The quantitative estimate of drug-likeness (QED) is 0.256. The summed E-state index contributed by atoms with van der Waals surface area (Å²) in [4.78, 5) is 0. The molecule has 0 bridgehead atoms. The Morgan fingerprint density at radius 2 is 1.67 bits per heavy atom. The molecule has 0 spiro atoms. The van der Waals surface area contributed by atoms with Gasteiger partial charge in [-0.25, -0.2) is 13.2 Å². The standard InChI is InChI=1S/C25H19F5NO2/c1-2-3-4-5-15-6-8-16(9-7-15)22-21(32)13-20(27)23(24(22)28)25(29,30)33-18-11-10-17(14-31)19(26)12-18/h6-13H,2-5H2,1H3. The molecule has 8 heteroatoms. The predicted octanol–water partition coefficient (Wildman–Crippen LogP) is 7.65. The third kappa shape index (κ3) is 5.25. The van der Waals surface area contributed by atoms with Crippen LogP contribution in [0.2, 0.25) is 0 Å². The fourth-order valence-electron chi connectivity index (χ4n) is 3.40. The molecule has 3 rings (SSSR count). The molecule has 0 aliphatic rings. The van der Waals surface area contributed by atoms with Gasteiger partial charge in [0.2, 0.25) is 0 Å². The summed E-state index contributed by atoms with van der Waals surface area (Å²) in [6, 6.07) is 10.2. The molecule has 0 fully saturated rings. The van der Waals surface area contributed by atoms with Gasteiger partial charge in [-0.3, -0.25) is 5.11 Å². The average molecular weight is 460 g/mol. The van der Waals surface area contributed by atoms with Crippen LogP contribution in [-0.4, -0.2) is 0 Å². The van der Waals surface area contributed by atoms with Crippen molar-refractivity contribution < 1.29 is 31.8 Å². The molecule has 3 aromatic carbocycles. The predicted molar refractivity (Wildman–Crippen MR) is 111 cm³/mol. The number of rotatable bonds is 8. The van der Waals surface area contributed by atoms with Gasteiger partial charge in [0.15, 0.2) is 11.6 Å². The molecule has 0 N–H and O–H groups in total. The van der Waals surface area contributed by atoms with E-state index in [9.17, 15) is 22.7 Å². The van der Waals surface area contributed by atoms with Crippen LogP contribution in [0, 0.1) is 28.8 Å². The van der Waals surface area contributed by atoms with Gasteiger partial charge in [-0.2, -0.15) is 14.0 Å². The molecule has 33 heavy (non-hydrogen) atoms. The van der Waals surface area contributed by atoms with E-state index in [1.807, 2.05) is 0 Å². The lowest BCUT2D eigenvalue weighted by molar-refractivity contribution is -0.189. The van der Waals surface area contributed by atoms with E-state index in [4.69, 9.17) is 5.26 Å². The number of hydrogen-bond donors (Lipinski definition) is 0. The molecule has 0 aromatic heterocycles. The van der Waals surface area contributed by atoms with E-state index in [2.05, 4.69) is 11.7 Å². The second kappa shape index (κ2) is 9.90. The van der Waals surface area contributed by atoms with Crippen molar-refractivity contribution in [1.82, 2.24) is 0 Å². The van der Waals surface area contributed by atoms with E-state index in [0.29, 0.717) is 6.07 Å². The maximum absolute atomic E-state index is 15.1. The van der Waals surface area contributed by atoms with Crippen LogP contribution in [0.5, 0.6) is 11.5 Å². The number of nitriles is 1. The van der Waals surface area contributed by atoms with Crippen LogP contribution in [0.1, 0.15) is 42.9 Å². The van der Waals surface area contributed by atoms with Gasteiger partial charge in [0.25, 0.3) is 0 Å². The molecule has 0 saturated heterocycles. The molecule has 0 aliphatic heterocycles. The van der Waals surface area contributed by atoms with E-state index < -0.39 is 51.7 Å². The summed E-state index contributed by atoms with van der Waals surface area (Å²) in [5.74, 6) is -6.55. The Balaban J connectivity index is 1.97. The number of benzene rings is 3. The first kappa shape index (κ1) is 24.1. The van der Waals surface area contributed by atoms with Crippen LogP contribution in [0.3, 0.4) is 0 Å². The first-order chi connectivity index (χ1) is 15.7. The second-order valence-corrected chi connectivity index (χ2v) is 7.45. The Hall–Kier alpha value is -3.60. The van der Waals surface area contributed by atoms with Gasteiger partial charge in [-0.05, 0) is 36.1 Å². The Labute approximate surface area is 187 Å². The van der Waals surface area contributed by atoms with Crippen molar-refractivity contribution in [2.75, 3.05) is 0 Å². The minimum Gasteiger partial charge on any atom is -0.429 e. The summed E-state index contributed by atoms with van der Waals surface area (Å²) in [6.45, 7) is 2.06. The number of ether oxygens (including phenoxy) is 1. The van der Waals surface area contributed by atoms with Gasteiger partial charge in [0.1, 0.15) is 29.0 Å². The number of halogens is 5. The second-order valence-electron chi connectivity index (χ2n) is 7.45. The van der Waals surface area contributed by atoms with E-state index in [1.165, 1.54) is 18.2 Å². The van der Waals surface area contributed by atoms with Crippen molar-refractivity contribution in [3.63, 3.8) is 0 Å². The Bertz CT molecular complexity index is 1190. The SMILES string of the molecule is CCCCCc1ccc(-c2c([O])cc(F)c(C(F)(F)Oc3ccc(C#N)c(F)c3)c2F)cc1. The van der Waals surface area contributed by atoms with Crippen LogP contribution in [0.4, 0.5) is 22.0 Å². The zero-order valence-electron chi connectivity index (χ0n) is 17.6. The first-order valence-corrected chi connectivity index (χ1v) is 10.2. The number of hydrogen-bond acceptors (Lipinski definition) is 2. The van der Waals surface area contributed by atoms with Crippen molar-refractivity contribution in [3.05, 3.63) is 82.7 Å². The molecule has 3 aromatic rings. The highest BCUT2D eigenvalue weighted by Crippen LogP contribution is 2.42. The van der Waals surface area contributed by atoms with Crippen molar-refractivity contribution >= 4 is 0 Å². The zero-order valence-corrected chi connectivity index (χ0v) is 17.6. The molecule has 0 amide bonds. The van der Waals surface area contributed by atoms with Crippen molar-refractivity contribution in [2.45, 2.75) is 38.7 Å². The molecule has 1 radical (unpaired) electrons. The van der Waals surface area contributed by atoms with Gasteiger partial charge < -0.3 is 4.74 Å². The summed E-state index contributed by atoms with van der Waals surface area (Å²) in [7, 11) is 0. The Morgan fingerprint density at radius 3 is 2.27 bits per heavy atom. The van der Waals surface area contributed by atoms with Gasteiger partial charge in [0.05, 0.1) is 11.1 Å². The van der Waals surface area contributed by atoms with Crippen molar-refractivity contribution in [1.29, 1.82) is 5.26 Å². The highest BCUT2D eigenvalue weighted by Gasteiger charge is 2.43. The molecule has 3 nitrogen and oxygen atoms in total. The molecule has 171 valence electrons. The lowest BCUT2D eigenvalue weighted by Gasteiger charge is -2.21. The lowest BCUT2D eigenvalue weighted by Crippen LogP contribution is -2.25. The molecule has 0 aliphatic carbocycles. The number of aryl methyl sites for hydroxylation is 1. The Kier molecular flexibility index (Phi) is 7.22. The van der Waals surface area contributed by atoms with E-state index in [1.54, 1.807) is 12.1 Å². The summed E-state index contributed by atoms with van der Waals surface area (Å²) in [5.41, 5.74) is -1.97. The fourth-order valence-corrected chi connectivity index (χ4v) is 3.40. The normalized spacial score (nSPS) is 11.3. The lowest BCUT2D eigenvalue weighted by atomic mass is 9.97. The summed E-state index contributed by atoms with van der Waals surface area (Å²) < 4.78 is 77.0. The first-order valence-electron chi connectivity index (χ1n) is 10.2. The number of unbranched alkanes of at least 4 members (excludes halogenated alkanes) is 2. The molecular formula is C25H19F5NO2. The molecule has 0 saturated carbocycles. The zero-order chi connectivity index (χ0) is 24.2. The van der Waals surface area contributed by atoms with Crippen molar-refractivity contribution in [2.24, 2.45) is 0 Å². The highest BCUT2D eigenvalue weighted by molar-refractivity contribution is 5.72. The van der Waals surface area contributed by atoms with Crippen molar-refractivity contribution in [3.8, 4) is 28.7 Å². The fraction of sp³-hybridized carbons (Fsp3) is 0.240. The van der Waals surface area contributed by atoms with Crippen LogP contribution in [0.25, 0.3) is 11.1 Å².